The third-order valence-electron chi connectivity index (χ3n) is 2.55. The van der Waals surface area contributed by atoms with Crippen LogP contribution in [0.2, 0.25) is 0 Å². The summed E-state index contributed by atoms with van der Waals surface area (Å²) in [5, 5.41) is 7.29. The van der Waals surface area contributed by atoms with Crippen molar-refractivity contribution >= 4 is 0 Å². The molecular weight excluding hydrogens is 180 g/mol. The zero-order chi connectivity index (χ0) is 9.80. The second kappa shape index (κ2) is 4.52. The molecule has 1 unspecified atom stereocenters. The number of nitrogens with one attached hydrogen (secondary N) is 1. The van der Waals surface area contributed by atoms with E-state index in [2.05, 4.69) is 15.4 Å². The average molecular weight is 196 g/mol. The topological polar surface area (TPSA) is 52.0 Å². The first kappa shape index (κ1) is 9.61. The average Bonchev–Trinajstić information content (AvgIpc) is 2.78. The number of ether oxygens (including phenoxy) is 1. The Balaban J connectivity index is 1.70. The Morgan fingerprint density at radius 1 is 1.71 bits per heavy atom. The Labute approximate surface area is 83.5 Å². The van der Waals surface area contributed by atoms with Crippen molar-refractivity contribution in [2.75, 3.05) is 19.7 Å². The van der Waals surface area contributed by atoms with Crippen molar-refractivity contribution in [2.24, 2.45) is 13.0 Å². The number of nitrogens with zero attached hydrogens (tertiary/aromatic N) is 3. The van der Waals surface area contributed by atoms with Crippen molar-refractivity contribution in [3.05, 3.63) is 12.2 Å². The molecule has 78 valence electrons. The maximum atomic E-state index is 5.58. The SMILES string of the molecule is Cn1ncnc1COCC1CCNC1. The lowest BCUT2D eigenvalue weighted by molar-refractivity contribution is 0.0859. The fourth-order valence-electron chi connectivity index (χ4n) is 1.62. The highest BCUT2D eigenvalue weighted by Crippen LogP contribution is 2.08. The van der Waals surface area contributed by atoms with Gasteiger partial charge in [0.25, 0.3) is 0 Å². The van der Waals surface area contributed by atoms with Crippen LogP contribution < -0.4 is 5.32 Å². The molecule has 1 saturated heterocycles. The van der Waals surface area contributed by atoms with Gasteiger partial charge in [0.05, 0.1) is 6.61 Å². The summed E-state index contributed by atoms with van der Waals surface area (Å²) in [7, 11) is 1.88. The maximum Gasteiger partial charge on any atom is 0.152 e. The van der Waals surface area contributed by atoms with Gasteiger partial charge in [-0.1, -0.05) is 0 Å². The molecule has 0 spiro atoms. The summed E-state index contributed by atoms with van der Waals surface area (Å²) >= 11 is 0. The van der Waals surface area contributed by atoms with Gasteiger partial charge in [0.2, 0.25) is 0 Å². The molecule has 0 aliphatic carbocycles. The van der Waals surface area contributed by atoms with Gasteiger partial charge >= 0.3 is 0 Å². The van der Waals surface area contributed by atoms with Gasteiger partial charge in [-0.2, -0.15) is 5.10 Å². The molecule has 5 heteroatoms. The second-order valence-electron chi connectivity index (χ2n) is 3.67. The van der Waals surface area contributed by atoms with E-state index in [1.165, 1.54) is 6.42 Å². The molecule has 14 heavy (non-hydrogen) atoms. The van der Waals surface area contributed by atoms with Gasteiger partial charge in [0.1, 0.15) is 12.9 Å². The van der Waals surface area contributed by atoms with E-state index in [4.69, 9.17) is 4.74 Å². The second-order valence-corrected chi connectivity index (χ2v) is 3.67. The van der Waals surface area contributed by atoms with Crippen LogP contribution in [-0.2, 0) is 18.4 Å². The standard InChI is InChI=1S/C9H16N4O/c1-13-9(11-7-12-13)6-14-5-8-2-3-10-4-8/h7-8,10H,2-6H2,1H3. The van der Waals surface area contributed by atoms with E-state index in [-0.39, 0.29) is 0 Å². The van der Waals surface area contributed by atoms with E-state index in [0.717, 1.165) is 25.5 Å². The molecule has 1 aromatic rings. The van der Waals surface area contributed by atoms with Crippen molar-refractivity contribution in [1.29, 1.82) is 0 Å². The molecule has 0 bridgehead atoms. The summed E-state index contributed by atoms with van der Waals surface area (Å²) in [4.78, 5) is 4.09. The summed E-state index contributed by atoms with van der Waals surface area (Å²) in [6.07, 6.45) is 2.77. The Bertz CT molecular complexity index is 280. The van der Waals surface area contributed by atoms with Crippen LogP contribution >= 0.6 is 0 Å². The van der Waals surface area contributed by atoms with Crippen LogP contribution in [0.25, 0.3) is 0 Å². The number of rotatable bonds is 4. The molecule has 5 nitrogen and oxygen atoms in total. The molecule has 1 atom stereocenters. The normalized spacial score (nSPS) is 21.6. The molecule has 1 aromatic heterocycles. The van der Waals surface area contributed by atoms with E-state index in [1.54, 1.807) is 11.0 Å². The first-order valence-corrected chi connectivity index (χ1v) is 4.97. The fourth-order valence-corrected chi connectivity index (χ4v) is 1.62. The van der Waals surface area contributed by atoms with Crippen LogP contribution in [-0.4, -0.2) is 34.5 Å². The van der Waals surface area contributed by atoms with Crippen LogP contribution in [0.4, 0.5) is 0 Å². The smallest absolute Gasteiger partial charge is 0.152 e. The van der Waals surface area contributed by atoms with Crippen molar-refractivity contribution < 1.29 is 4.74 Å². The summed E-state index contributed by atoms with van der Waals surface area (Å²) < 4.78 is 7.32. The first-order chi connectivity index (χ1) is 6.86. The monoisotopic (exact) mass is 196 g/mol. The molecule has 0 aromatic carbocycles. The van der Waals surface area contributed by atoms with Crippen LogP contribution in [0.15, 0.2) is 6.33 Å². The van der Waals surface area contributed by atoms with E-state index >= 15 is 0 Å². The summed E-state index contributed by atoms with van der Waals surface area (Å²) in [5.74, 6) is 1.55. The van der Waals surface area contributed by atoms with Gasteiger partial charge in [0, 0.05) is 13.6 Å². The highest BCUT2D eigenvalue weighted by Gasteiger charge is 2.14. The zero-order valence-corrected chi connectivity index (χ0v) is 8.44. The van der Waals surface area contributed by atoms with Crippen molar-refractivity contribution in [1.82, 2.24) is 20.1 Å². The third-order valence-corrected chi connectivity index (χ3v) is 2.55. The molecule has 1 fully saturated rings. The molecule has 0 amide bonds. The lowest BCUT2D eigenvalue weighted by Crippen LogP contribution is -2.14. The minimum absolute atomic E-state index is 0.562. The van der Waals surface area contributed by atoms with Crippen LogP contribution in [0.5, 0.6) is 0 Å². The lowest BCUT2D eigenvalue weighted by atomic mass is 10.1. The van der Waals surface area contributed by atoms with E-state index in [9.17, 15) is 0 Å². The highest BCUT2D eigenvalue weighted by molar-refractivity contribution is 4.80. The largest absolute Gasteiger partial charge is 0.373 e. The lowest BCUT2D eigenvalue weighted by Gasteiger charge is -2.08. The first-order valence-electron chi connectivity index (χ1n) is 4.97. The van der Waals surface area contributed by atoms with Crippen molar-refractivity contribution in [2.45, 2.75) is 13.0 Å². The summed E-state index contributed by atoms with van der Waals surface area (Å²) in [6, 6.07) is 0. The highest BCUT2D eigenvalue weighted by atomic mass is 16.5. The van der Waals surface area contributed by atoms with Crippen molar-refractivity contribution in [3.63, 3.8) is 0 Å². The minimum atomic E-state index is 0.562. The Morgan fingerprint density at radius 3 is 3.29 bits per heavy atom. The Hall–Kier alpha value is -0.940. The van der Waals surface area contributed by atoms with Gasteiger partial charge in [-0.15, -0.1) is 0 Å². The van der Waals surface area contributed by atoms with Gasteiger partial charge in [0.15, 0.2) is 5.82 Å². The van der Waals surface area contributed by atoms with Gasteiger partial charge in [-0.25, -0.2) is 4.98 Å². The van der Waals surface area contributed by atoms with Crippen molar-refractivity contribution in [3.8, 4) is 0 Å². The number of hydrogen-bond donors (Lipinski definition) is 1. The zero-order valence-electron chi connectivity index (χ0n) is 8.44. The van der Waals surface area contributed by atoms with Gasteiger partial charge < -0.3 is 10.1 Å². The van der Waals surface area contributed by atoms with E-state index in [0.29, 0.717) is 12.5 Å². The minimum Gasteiger partial charge on any atom is -0.373 e. The summed E-state index contributed by atoms with van der Waals surface area (Å²) in [5.41, 5.74) is 0. The predicted molar refractivity (Wildman–Crippen MR) is 51.6 cm³/mol. The number of aryl methyl sites for hydroxylation is 1. The van der Waals surface area contributed by atoms with Gasteiger partial charge in [-0.05, 0) is 18.9 Å². The molecule has 0 saturated carbocycles. The number of hydrogen-bond acceptors (Lipinski definition) is 4. The van der Waals surface area contributed by atoms with Crippen LogP contribution in [0.1, 0.15) is 12.2 Å². The fraction of sp³-hybridized carbons (Fsp3) is 0.778. The summed E-state index contributed by atoms with van der Waals surface area (Å²) in [6.45, 7) is 3.59. The maximum absolute atomic E-state index is 5.58. The quantitative estimate of drug-likeness (QED) is 0.733. The molecule has 1 aliphatic heterocycles. The third kappa shape index (κ3) is 2.30. The molecular formula is C9H16N4O. The molecule has 1 aliphatic rings. The Morgan fingerprint density at radius 2 is 2.64 bits per heavy atom. The Kier molecular flexibility index (Phi) is 3.10. The van der Waals surface area contributed by atoms with Crippen LogP contribution in [0, 0.1) is 5.92 Å². The molecule has 2 heterocycles. The van der Waals surface area contributed by atoms with E-state index < -0.39 is 0 Å². The van der Waals surface area contributed by atoms with Crippen LogP contribution in [0.3, 0.4) is 0 Å². The molecule has 1 N–H and O–H groups in total. The van der Waals surface area contributed by atoms with E-state index in [1.807, 2.05) is 7.05 Å². The number of aromatic nitrogens is 3. The molecule has 0 radical (unpaired) electrons. The molecule has 2 rings (SSSR count). The predicted octanol–water partition coefficient (Wildman–Crippen LogP) is -0.0588. The van der Waals surface area contributed by atoms with Gasteiger partial charge in [-0.3, -0.25) is 4.68 Å².